The van der Waals surface area contributed by atoms with Gasteiger partial charge in [0.2, 0.25) is 0 Å². The highest BCUT2D eigenvalue weighted by Crippen LogP contribution is 2.34. The van der Waals surface area contributed by atoms with Crippen LogP contribution in [0.2, 0.25) is 0 Å². The number of rotatable bonds is 5. The van der Waals surface area contributed by atoms with E-state index in [1.165, 1.54) is 12.1 Å². The summed E-state index contributed by atoms with van der Waals surface area (Å²) in [4.78, 5) is 19.5. The fourth-order valence-electron chi connectivity index (χ4n) is 4.45. The highest BCUT2D eigenvalue weighted by molar-refractivity contribution is 6.05. The predicted molar refractivity (Wildman–Crippen MR) is 133 cm³/mol. The lowest BCUT2D eigenvalue weighted by Crippen LogP contribution is -2.42. The number of hydrogen-bond acceptors (Lipinski definition) is 5. The molecule has 0 aliphatic carbocycles. The number of carbonyl (C=O) groups is 1. The number of pyridine rings is 1. The highest BCUT2D eigenvalue weighted by atomic mass is 19.1. The molecule has 0 radical (unpaired) electrons. The molecule has 0 saturated carbocycles. The van der Waals surface area contributed by atoms with Gasteiger partial charge in [-0.1, -0.05) is 30.3 Å². The van der Waals surface area contributed by atoms with Crippen LogP contribution in [-0.2, 0) is 5.60 Å². The minimum absolute atomic E-state index is 0.306. The maximum Gasteiger partial charge on any atom is 0.259 e. The molecule has 5 rings (SSSR count). The van der Waals surface area contributed by atoms with Crippen LogP contribution in [0.15, 0.2) is 83.4 Å². The minimum atomic E-state index is -0.819. The Morgan fingerprint density at radius 3 is 2.43 bits per heavy atom. The first-order chi connectivity index (χ1) is 16.9. The van der Waals surface area contributed by atoms with Crippen LogP contribution in [0.3, 0.4) is 0 Å². The number of aliphatic hydroxyl groups is 1. The van der Waals surface area contributed by atoms with E-state index in [2.05, 4.69) is 15.2 Å². The number of nitrogens with one attached hydrogen (secondary N) is 1. The summed E-state index contributed by atoms with van der Waals surface area (Å²) in [5.74, 6) is 1.14. The SMILES string of the molecule is Cc1oc(-c2ccc(F)cc2)cc1C(=O)Nc1ccc(N2CCC(O)(c3ccccc3)CC2)nc1. The number of benzene rings is 2. The van der Waals surface area contributed by atoms with Crippen molar-refractivity contribution in [2.24, 2.45) is 0 Å². The Kier molecular flexibility index (Phi) is 6.09. The van der Waals surface area contributed by atoms with Gasteiger partial charge in [0.1, 0.15) is 23.2 Å². The van der Waals surface area contributed by atoms with Crippen molar-refractivity contribution in [2.75, 3.05) is 23.3 Å². The van der Waals surface area contributed by atoms with Gasteiger partial charge in [-0.15, -0.1) is 0 Å². The van der Waals surface area contributed by atoms with E-state index in [1.54, 1.807) is 31.3 Å². The van der Waals surface area contributed by atoms with E-state index in [1.807, 2.05) is 42.5 Å². The molecule has 0 spiro atoms. The van der Waals surface area contributed by atoms with Gasteiger partial charge in [-0.25, -0.2) is 9.37 Å². The van der Waals surface area contributed by atoms with Crippen molar-refractivity contribution in [3.05, 3.63) is 102 Å². The maximum absolute atomic E-state index is 13.2. The third-order valence-corrected chi connectivity index (χ3v) is 6.52. The van der Waals surface area contributed by atoms with Gasteiger partial charge in [0.15, 0.2) is 0 Å². The molecule has 1 fully saturated rings. The van der Waals surface area contributed by atoms with Gasteiger partial charge in [-0.2, -0.15) is 0 Å². The van der Waals surface area contributed by atoms with Crippen molar-refractivity contribution in [1.82, 2.24) is 4.98 Å². The molecule has 2 aromatic heterocycles. The molecule has 178 valence electrons. The van der Waals surface area contributed by atoms with E-state index >= 15 is 0 Å². The average molecular weight is 472 g/mol. The molecule has 0 atom stereocenters. The number of anilines is 2. The second kappa shape index (κ2) is 9.35. The molecule has 35 heavy (non-hydrogen) atoms. The number of piperidine rings is 1. The fraction of sp³-hybridized carbons (Fsp3) is 0.214. The Morgan fingerprint density at radius 1 is 1.06 bits per heavy atom. The first kappa shape index (κ1) is 22.8. The zero-order chi connectivity index (χ0) is 24.4. The molecule has 1 aliphatic rings. The van der Waals surface area contributed by atoms with Gasteiger partial charge in [-0.3, -0.25) is 4.79 Å². The molecule has 2 aromatic carbocycles. The molecule has 3 heterocycles. The van der Waals surface area contributed by atoms with Crippen LogP contribution in [0.5, 0.6) is 0 Å². The number of furan rings is 1. The summed E-state index contributed by atoms with van der Waals surface area (Å²) in [6.45, 7) is 3.09. The van der Waals surface area contributed by atoms with Crippen LogP contribution in [0, 0.1) is 12.7 Å². The fourth-order valence-corrected chi connectivity index (χ4v) is 4.45. The van der Waals surface area contributed by atoms with Crippen molar-refractivity contribution < 1.29 is 18.7 Å². The van der Waals surface area contributed by atoms with Crippen LogP contribution in [0.1, 0.15) is 34.5 Å². The van der Waals surface area contributed by atoms with Crippen molar-refractivity contribution in [1.29, 1.82) is 0 Å². The molecule has 0 unspecified atom stereocenters. The third-order valence-electron chi connectivity index (χ3n) is 6.52. The molecule has 6 nitrogen and oxygen atoms in total. The number of aromatic nitrogens is 1. The van der Waals surface area contributed by atoms with E-state index in [4.69, 9.17) is 4.42 Å². The summed E-state index contributed by atoms with van der Waals surface area (Å²) in [5.41, 5.74) is 1.80. The zero-order valence-corrected chi connectivity index (χ0v) is 19.4. The zero-order valence-electron chi connectivity index (χ0n) is 19.4. The van der Waals surface area contributed by atoms with Gasteiger partial charge < -0.3 is 19.7 Å². The predicted octanol–water partition coefficient (Wildman–Crippen LogP) is 5.53. The van der Waals surface area contributed by atoms with E-state index in [0.29, 0.717) is 54.3 Å². The summed E-state index contributed by atoms with van der Waals surface area (Å²) in [6.07, 6.45) is 2.86. The smallest absolute Gasteiger partial charge is 0.259 e. The number of aryl methyl sites for hydroxylation is 1. The Morgan fingerprint density at radius 2 is 1.77 bits per heavy atom. The van der Waals surface area contributed by atoms with Crippen LogP contribution in [-0.4, -0.2) is 29.1 Å². The van der Waals surface area contributed by atoms with Gasteiger partial charge in [-0.05, 0) is 67.8 Å². The Balaban J connectivity index is 1.22. The molecule has 2 N–H and O–H groups in total. The number of carbonyl (C=O) groups excluding carboxylic acids is 1. The maximum atomic E-state index is 13.2. The average Bonchev–Trinajstić information content (AvgIpc) is 3.28. The standard InChI is InChI=1S/C28H26FN3O3/c1-19-24(17-25(35-19)20-7-9-22(29)10-8-20)27(33)31-23-11-12-26(30-18-23)32-15-13-28(34,14-16-32)21-5-3-2-4-6-21/h2-12,17-18,34H,13-16H2,1H3,(H,31,33). The van der Waals surface area contributed by atoms with Crippen LogP contribution >= 0.6 is 0 Å². The van der Waals surface area contributed by atoms with Crippen molar-refractivity contribution >= 4 is 17.4 Å². The topological polar surface area (TPSA) is 78.6 Å². The first-order valence-electron chi connectivity index (χ1n) is 11.6. The van der Waals surface area contributed by atoms with E-state index in [-0.39, 0.29) is 11.7 Å². The quantitative estimate of drug-likeness (QED) is 0.400. The molecule has 0 bridgehead atoms. The Hall–Kier alpha value is -3.97. The second-order valence-corrected chi connectivity index (χ2v) is 8.83. The lowest BCUT2D eigenvalue weighted by Gasteiger charge is -2.39. The monoisotopic (exact) mass is 471 g/mol. The molecule has 1 aliphatic heterocycles. The van der Waals surface area contributed by atoms with Gasteiger partial charge in [0.25, 0.3) is 5.91 Å². The van der Waals surface area contributed by atoms with Gasteiger partial charge in [0.05, 0.1) is 23.0 Å². The summed E-state index contributed by atoms with van der Waals surface area (Å²) < 4.78 is 18.9. The number of amides is 1. The largest absolute Gasteiger partial charge is 0.461 e. The molecule has 1 amide bonds. The van der Waals surface area contributed by atoms with E-state index in [0.717, 1.165) is 11.4 Å². The van der Waals surface area contributed by atoms with Crippen LogP contribution in [0.4, 0.5) is 15.9 Å². The lowest BCUT2D eigenvalue weighted by molar-refractivity contribution is 0.0116. The number of hydrogen-bond donors (Lipinski definition) is 2. The highest BCUT2D eigenvalue weighted by Gasteiger charge is 2.34. The summed E-state index contributed by atoms with van der Waals surface area (Å²) in [6, 6.07) is 21.0. The molecule has 4 aromatic rings. The molecular formula is C28H26FN3O3. The van der Waals surface area contributed by atoms with Crippen LogP contribution < -0.4 is 10.2 Å². The molecule has 1 saturated heterocycles. The normalized spacial score (nSPS) is 15.1. The van der Waals surface area contributed by atoms with Gasteiger partial charge >= 0.3 is 0 Å². The number of nitrogens with zero attached hydrogens (tertiary/aromatic N) is 2. The van der Waals surface area contributed by atoms with E-state index in [9.17, 15) is 14.3 Å². The number of halogens is 1. The summed E-state index contributed by atoms with van der Waals surface area (Å²) in [7, 11) is 0. The van der Waals surface area contributed by atoms with Crippen molar-refractivity contribution in [3.8, 4) is 11.3 Å². The minimum Gasteiger partial charge on any atom is -0.461 e. The summed E-state index contributed by atoms with van der Waals surface area (Å²) in [5, 5.41) is 13.9. The van der Waals surface area contributed by atoms with Crippen molar-refractivity contribution in [3.63, 3.8) is 0 Å². The van der Waals surface area contributed by atoms with E-state index < -0.39 is 5.60 Å². The van der Waals surface area contributed by atoms with Crippen LogP contribution in [0.25, 0.3) is 11.3 Å². The second-order valence-electron chi connectivity index (χ2n) is 8.83. The Bertz CT molecular complexity index is 1310. The molecular weight excluding hydrogens is 445 g/mol. The van der Waals surface area contributed by atoms with Crippen molar-refractivity contribution in [2.45, 2.75) is 25.4 Å². The third kappa shape index (κ3) is 4.81. The van der Waals surface area contributed by atoms with Gasteiger partial charge in [0, 0.05) is 18.7 Å². The lowest BCUT2D eigenvalue weighted by atomic mass is 9.84. The summed E-state index contributed by atoms with van der Waals surface area (Å²) >= 11 is 0. The Labute approximate surface area is 203 Å². The first-order valence-corrected chi connectivity index (χ1v) is 11.6. The molecule has 7 heteroatoms.